The zero-order chi connectivity index (χ0) is 20.5. The van der Waals surface area contributed by atoms with Crippen LogP contribution in [0.4, 0.5) is 11.4 Å². The maximum Gasteiger partial charge on any atom is 0.228 e. The first-order valence-electron chi connectivity index (χ1n) is 10.1. The third-order valence-electron chi connectivity index (χ3n) is 6.13. The van der Waals surface area contributed by atoms with Crippen molar-refractivity contribution in [2.24, 2.45) is 5.92 Å². The molecule has 0 radical (unpaired) electrons. The summed E-state index contributed by atoms with van der Waals surface area (Å²) in [6, 6.07) is 14.1. The van der Waals surface area contributed by atoms with Gasteiger partial charge in [0.1, 0.15) is 0 Å². The van der Waals surface area contributed by atoms with Crippen LogP contribution in [0.25, 0.3) is 0 Å². The van der Waals surface area contributed by atoms with Gasteiger partial charge in [-0.3, -0.25) is 9.59 Å². The van der Waals surface area contributed by atoms with Crippen molar-refractivity contribution in [1.82, 2.24) is 4.90 Å². The highest BCUT2D eigenvalue weighted by molar-refractivity contribution is 9.10. The molecule has 2 aromatic rings. The van der Waals surface area contributed by atoms with Crippen LogP contribution in [0.5, 0.6) is 0 Å². The average Bonchev–Trinajstić information content (AvgIpc) is 3.11. The highest BCUT2D eigenvalue weighted by Gasteiger charge is 2.38. The van der Waals surface area contributed by atoms with Crippen molar-refractivity contribution < 1.29 is 9.59 Å². The molecule has 6 heteroatoms. The number of para-hydroxylation sites is 1. The van der Waals surface area contributed by atoms with Crippen LogP contribution in [0.15, 0.2) is 46.9 Å². The van der Waals surface area contributed by atoms with E-state index in [0.717, 1.165) is 23.2 Å². The number of hydrogen-bond acceptors (Lipinski definition) is 3. The van der Waals surface area contributed by atoms with Crippen LogP contribution in [0.1, 0.15) is 17.5 Å². The molecule has 152 valence electrons. The number of amides is 2. The Morgan fingerprint density at radius 1 is 0.966 bits per heavy atom. The number of piperazine rings is 1. The molecule has 0 spiro atoms. The van der Waals surface area contributed by atoms with E-state index in [-0.39, 0.29) is 24.2 Å². The van der Waals surface area contributed by atoms with Crippen molar-refractivity contribution >= 4 is 39.1 Å². The van der Waals surface area contributed by atoms with E-state index >= 15 is 0 Å². The van der Waals surface area contributed by atoms with Gasteiger partial charge in [0.05, 0.1) is 11.6 Å². The second-order valence-corrected chi connectivity index (χ2v) is 8.74. The van der Waals surface area contributed by atoms with Crippen molar-refractivity contribution in [2.75, 3.05) is 42.5 Å². The van der Waals surface area contributed by atoms with Gasteiger partial charge in [0, 0.05) is 49.3 Å². The molecule has 29 heavy (non-hydrogen) atoms. The SMILES string of the molecule is Cc1cccc(N2CCN(C(=O)C3CC(=O)N(c4ccccc4Br)C3)CC2)c1C. The topological polar surface area (TPSA) is 43.9 Å². The maximum absolute atomic E-state index is 13.1. The molecule has 1 unspecified atom stereocenters. The molecular weight excluding hydrogens is 430 g/mol. The van der Waals surface area contributed by atoms with Gasteiger partial charge in [-0.25, -0.2) is 0 Å². The first-order valence-corrected chi connectivity index (χ1v) is 10.9. The Kier molecular flexibility index (Phi) is 5.63. The summed E-state index contributed by atoms with van der Waals surface area (Å²) < 4.78 is 0.878. The Bertz CT molecular complexity index is 937. The Balaban J connectivity index is 1.40. The lowest BCUT2D eigenvalue weighted by molar-refractivity contribution is -0.136. The van der Waals surface area contributed by atoms with E-state index in [1.54, 1.807) is 4.90 Å². The molecule has 2 aliphatic rings. The highest BCUT2D eigenvalue weighted by atomic mass is 79.9. The van der Waals surface area contributed by atoms with E-state index in [1.807, 2.05) is 29.2 Å². The van der Waals surface area contributed by atoms with E-state index in [0.29, 0.717) is 19.6 Å². The number of nitrogens with zero attached hydrogens (tertiary/aromatic N) is 3. The lowest BCUT2D eigenvalue weighted by Gasteiger charge is -2.38. The third-order valence-corrected chi connectivity index (χ3v) is 6.80. The molecule has 2 saturated heterocycles. The zero-order valence-electron chi connectivity index (χ0n) is 16.9. The van der Waals surface area contributed by atoms with Gasteiger partial charge in [-0.05, 0) is 59.1 Å². The highest BCUT2D eigenvalue weighted by Crippen LogP contribution is 2.32. The molecule has 2 heterocycles. The molecule has 0 aromatic heterocycles. The molecule has 2 fully saturated rings. The van der Waals surface area contributed by atoms with Crippen LogP contribution in [-0.4, -0.2) is 49.4 Å². The molecule has 4 rings (SSSR count). The quantitative estimate of drug-likeness (QED) is 0.707. The predicted molar refractivity (Wildman–Crippen MR) is 119 cm³/mol. The number of rotatable bonds is 3. The smallest absolute Gasteiger partial charge is 0.228 e. The molecule has 2 aliphatic heterocycles. The number of carbonyl (C=O) groups excluding carboxylic acids is 2. The van der Waals surface area contributed by atoms with Crippen LogP contribution in [0.3, 0.4) is 0 Å². The van der Waals surface area contributed by atoms with E-state index < -0.39 is 0 Å². The van der Waals surface area contributed by atoms with Crippen molar-refractivity contribution in [3.05, 3.63) is 58.1 Å². The molecule has 0 N–H and O–H groups in total. The second kappa shape index (κ2) is 8.19. The number of benzene rings is 2. The van der Waals surface area contributed by atoms with Gasteiger partial charge >= 0.3 is 0 Å². The standard InChI is InChI=1S/C23H26BrN3O2/c1-16-6-5-9-20(17(16)2)25-10-12-26(13-11-25)23(29)18-14-22(28)27(15-18)21-8-4-3-7-19(21)24/h3-9,18H,10-15H2,1-2H3. The van der Waals surface area contributed by atoms with Crippen LogP contribution in [-0.2, 0) is 9.59 Å². The molecule has 5 nitrogen and oxygen atoms in total. The summed E-state index contributed by atoms with van der Waals surface area (Å²) in [5, 5.41) is 0. The molecule has 2 aromatic carbocycles. The molecular formula is C23H26BrN3O2. The Labute approximate surface area is 180 Å². The monoisotopic (exact) mass is 455 g/mol. The fourth-order valence-corrected chi connectivity index (χ4v) is 4.78. The van der Waals surface area contributed by atoms with E-state index in [4.69, 9.17) is 0 Å². The normalized spacial score (nSPS) is 19.8. The van der Waals surface area contributed by atoms with Crippen molar-refractivity contribution in [3.8, 4) is 0 Å². The van der Waals surface area contributed by atoms with Gasteiger partial charge in [-0.1, -0.05) is 24.3 Å². The average molecular weight is 456 g/mol. The summed E-state index contributed by atoms with van der Waals surface area (Å²) in [7, 11) is 0. The second-order valence-electron chi connectivity index (χ2n) is 7.89. The van der Waals surface area contributed by atoms with Crippen LogP contribution in [0.2, 0.25) is 0 Å². The first kappa shape index (κ1) is 20.0. The molecule has 0 bridgehead atoms. The Hall–Kier alpha value is -2.34. The summed E-state index contributed by atoms with van der Waals surface area (Å²) in [5.74, 6) is -0.139. The maximum atomic E-state index is 13.1. The van der Waals surface area contributed by atoms with Crippen molar-refractivity contribution in [2.45, 2.75) is 20.3 Å². The van der Waals surface area contributed by atoms with Gasteiger partial charge in [0.25, 0.3) is 0 Å². The molecule has 1 atom stereocenters. The minimum Gasteiger partial charge on any atom is -0.368 e. The summed E-state index contributed by atoms with van der Waals surface area (Å²) >= 11 is 3.51. The van der Waals surface area contributed by atoms with Gasteiger partial charge < -0.3 is 14.7 Å². The first-order chi connectivity index (χ1) is 14.0. The molecule has 0 aliphatic carbocycles. The lowest BCUT2D eigenvalue weighted by Crippen LogP contribution is -2.51. The summed E-state index contributed by atoms with van der Waals surface area (Å²) in [4.78, 5) is 31.7. The Morgan fingerprint density at radius 3 is 2.38 bits per heavy atom. The molecule has 0 saturated carbocycles. The summed E-state index contributed by atoms with van der Waals surface area (Å²) in [6.07, 6.45) is 0.289. The van der Waals surface area contributed by atoms with Crippen molar-refractivity contribution in [3.63, 3.8) is 0 Å². The zero-order valence-corrected chi connectivity index (χ0v) is 18.5. The van der Waals surface area contributed by atoms with E-state index in [2.05, 4.69) is 52.9 Å². The summed E-state index contributed by atoms with van der Waals surface area (Å²) in [5.41, 5.74) is 4.69. The number of carbonyl (C=O) groups is 2. The Morgan fingerprint density at radius 2 is 1.66 bits per heavy atom. The number of halogens is 1. The minimum atomic E-state index is -0.262. The largest absolute Gasteiger partial charge is 0.368 e. The fourth-order valence-electron chi connectivity index (χ4n) is 4.28. The number of anilines is 2. The predicted octanol–water partition coefficient (Wildman–Crippen LogP) is 3.77. The van der Waals surface area contributed by atoms with Crippen LogP contribution in [0, 0.1) is 19.8 Å². The summed E-state index contributed by atoms with van der Waals surface area (Å²) in [6.45, 7) is 7.79. The number of aryl methyl sites for hydroxylation is 1. The molecule has 2 amide bonds. The third kappa shape index (κ3) is 3.90. The lowest BCUT2D eigenvalue weighted by atomic mass is 10.1. The number of hydrogen-bond donors (Lipinski definition) is 0. The van der Waals surface area contributed by atoms with Gasteiger partial charge in [0.15, 0.2) is 0 Å². The van der Waals surface area contributed by atoms with Crippen LogP contribution < -0.4 is 9.80 Å². The fraction of sp³-hybridized carbons (Fsp3) is 0.391. The van der Waals surface area contributed by atoms with E-state index in [1.165, 1.54) is 16.8 Å². The van der Waals surface area contributed by atoms with Crippen molar-refractivity contribution in [1.29, 1.82) is 0 Å². The van der Waals surface area contributed by atoms with Gasteiger partial charge in [-0.2, -0.15) is 0 Å². The van der Waals surface area contributed by atoms with Crippen LogP contribution >= 0.6 is 15.9 Å². The van der Waals surface area contributed by atoms with Gasteiger partial charge in [0.2, 0.25) is 11.8 Å². The van der Waals surface area contributed by atoms with E-state index in [9.17, 15) is 9.59 Å². The minimum absolute atomic E-state index is 0.0178. The van der Waals surface area contributed by atoms with Gasteiger partial charge in [-0.15, -0.1) is 0 Å².